The zero-order chi connectivity index (χ0) is 11.5. The first kappa shape index (κ1) is 11.2. The van der Waals surface area contributed by atoms with Crippen LogP contribution >= 0.6 is 0 Å². The largest absolute Gasteiger partial charge is 0.459 e. The Balaban J connectivity index is 2.37. The Hall–Kier alpha value is -1.28. The number of hydrogen-bond acceptors (Lipinski definition) is 2. The molecule has 0 aliphatic carbocycles. The molecular formula is C14H19NO. The second-order valence-corrected chi connectivity index (χ2v) is 4.32. The number of hydrogen-bond donors (Lipinski definition) is 1. The van der Waals surface area contributed by atoms with E-state index in [0.29, 0.717) is 6.04 Å². The lowest BCUT2D eigenvalue weighted by Crippen LogP contribution is -2.15. The molecule has 0 fully saturated rings. The van der Waals surface area contributed by atoms with Crippen LogP contribution in [0, 0.1) is 6.92 Å². The van der Waals surface area contributed by atoms with Crippen LogP contribution in [-0.4, -0.2) is 7.05 Å². The van der Waals surface area contributed by atoms with Crippen molar-refractivity contribution in [3.05, 3.63) is 35.6 Å². The van der Waals surface area contributed by atoms with Crippen LogP contribution in [0.3, 0.4) is 0 Å². The van der Waals surface area contributed by atoms with E-state index < -0.39 is 0 Å². The van der Waals surface area contributed by atoms with E-state index in [-0.39, 0.29) is 0 Å². The normalized spacial score (nSPS) is 13.2. The standard InChI is InChI=1S/C14H19NO/c1-4-5-12(15-3)14-9-11-8-10(2)6-7-13(11)16-14/h6-9,12,15H,4-5H2,1-3H3. The second-order valence-electron chi connectivity index (χ2n) is 4.32. The van der Waals surface area contributed by atoms with Crippen LogP contribution in [-0.2, 0) is 0 Å². The molecule has 1 N–H and O–H groups in total. The third kappa shape index (κ3) is 2.12. The van der Waals surface area contributed by atoms with Gasteiger partial charge in [-0.1, -0.05) is 25.0 Å². The molecular weight excluding hydrogens is 198 g/mol. The first-order chi connectivity index (χ1) is 7.74. The predicted octanol–water partition coefficient (Wildman–Crippen LogP) is 3.80. The van der Waals surface area contributed by atoms with Gasteiger partial charge in [-0.25, -0.2) is 0 Å². The number of rotatable bonds is 4. The van der Waals surface area contributed by atoms with Gasteiger partial charge in [0, 0.05) is 5.39 Å². The number of nitrogens with one attached hydrogen (secondary N) is 1. The van der Waals surface area contributed by atoms with Crippen molar-refractivity contribution in [2.75, 3.05) is 7.05 Å². The summed E-state index contributed by atoms with van der Waals surface area (Å²) >= 11 is 0. The fourth-order valence-electron chi connectivity index (χ4n) is 2.07. The minimum atomic E-state index is 0.331. The van der Waals surface area contributed by atoms with Gasteiger partial charge in [0.25, 0.3) is 0 Å². The van der Waals surface area contributed by atoms with Crippen LogP contribution in [0.1, 0.15) is 37.1 Å². The Morgan fingerprint density at radius 2 is 2.12 bits per heavy atom. The first-order valence-corrected chi connectivity index (χ1v) is 5.92. The molecule has 2 rings (SSSR count). The van der Waals surface area contributed by atoms with Gasteiger partial charge in [-0.15, -0.1) is 0 Å². The van der Waals surface area contributed by atoms with Crippen molar-refractivity contribution in [3.63, 3.8) is 0 Å². The number of aryl methyl sites for hydroxylation is 1. The summed E-state index contributed by atoms with van der Waals surface area (Å²) in [5, 5.41) is 4.50. The van der Waals surface area contributed by atoms with Crippen LogP contribution in [0.15, 0.2) is 28.7 Å². The molecule has 0 amide bonds. The van der Waals surface area contributed by atoms with Crippen molar-refractivity contribution in [2.24, 2.45) is 0 Å². The van der Waals surface area contributed by atoms with Gasteiger partial charge in [-0.3, -0.25) is 0 Å². The first-order valence-electron chi connectivity index (χ1n) is 5.92. The van der Waals surface area contributed by atoms with Crippen molar-refractivity contribution < 1.29 is 4.42 Å². The minimum Gasteiger partial charge on any atom is -0.459 e. The number of furan rings is 1. The Kier molecular flexibility index (Phi) is 3.30. The molecule has 0 aliphatic heterocycles. The highest BCUT2D eigenvalue weighted by Crippen LogP contribution is 2.26. The molecule has 0 aliphatic rings. The summed E-state index contributed by atoms with van der Waals surface area (Å²) in [4.78, 5) is 0. The second kappa shape index (κ2) is 4.71. The molecule has 2 aromatic rings. The van der Waals surface area contributed by atoms with E-state index in [0.717, 1.165) is 24.2 Å². The smallest absolute Gasteiger partial charge is 0.134 e. The average Bonchev–Trinajstić information content (AvgIpc) is 2.68. The zero-order valence-electron chi connectivity index (χ0n) is 10.2. The molecule has 1 aromatic carbocycles. The molecule has 86 valence electrons. The SMILES string of the molecule is CCCC(NC)c1cc2cc(C)ccc2o1. The quantitative estimate of drug-likeness (QED) is 0.842. The molecule has 0 saturated carbocycles. The van der Waals surface area contributed by atoms with Crippen LogP contribution in [0.5, 0.6) is 0 Å². The number of benzene rings is 1. The highest BCUT2D eigenvalue weighted by atomic mass is 16.3. The van der Waals surface area contributed by atoms with E-state index in [1.54, 1.807) is 0 Å². The zero-order valence-corrected chi connectivity index (χ0v) is 10.2. The van der Waals surface area contributed by atoms with E-state index in [9.17, 15) is 0 Å². The molecule has 0 bridgehead atoms. The van der Waals surface area contributed by atoms with Crippen LogP contribution in [0.4, 0.5) is 0 Å². The number of fused-ring (bicyclic) bond motifs is 1. The lowest BCUT2D eigenvalue weighted by atomic mass is 10.1. The molecule has 2 nitrogen and oxygen atoms in total. The highest BCUT2D eigenvalue weighted by Gasteiger charge is 2.13. The lowest BCUT2D eigenvalue weighted by Gasteiger charge is -2.11. The highest BCUT2D eigenvalue weighted by molar-refractivity contribution is 5.78. The monoisotopic (exact) mass is 217 g/mol. The van der Waals surface area contributed by atoms with Crippen molar-refractivity contribution >= 4 is 11.0 Å². The molecule has 1 aromatic heterocycles. The molecule has 0 saturated heterocycles. The fourth-order valence-corrected chi connectivity index (χ4v) is 2.07. The Morgan fingerprint density at radius 3 is 2.81 bits per heavy atom. The van der Waals surface area contributed by atoms with Gasteiger partial charge in [0.05, 0.1) is 6.04 Å². The summed E-state index contributed by atoms with van der Waals surface area (Å²) in [6.07, 6.45) is 2.26. The Morgan fingerprint density at radius 1 is 1.31 bits per heavy atom. The van der Waals surface area contributed by atoms with E-state index >= 15 is 0 Å². The summed E-state index contributed by atoms with van der Waals surface area (Å²) < 4.78 is 5.87. The topological polar surface area (TPSA) is 25.2 Å². The van der Waals surface area contributed by atoms with Gasteiger partial charge in [-0.05, 0) is 38.6 Å². The van der Waals surface area contributed by atoms with Crippen LogP contribution in [0.2, 0.25) is 0 Å². The molecule has 1 unspecified atom stereocenters. The van der Waals surface area contributed by atoms with E-state index in [1.807, 2.05) is 13.1 Å². The van der Waals surface area contributed by atoms with Gasteiger partial charge in [0.1, 0.15) is 11.3 Å². The molecule has 0 spiro atoms. The predicted molar refractivity (Wildman–Crippen MR) is 67.7 cm³/mol. The summed E-state index contributed by atoms with van der Waals surface area (Å²) in [7, 11) is 1.98. The maximum Gasteiger partial charge on any atom is 0.134 e. The molecule has 0 radical (unpaired) electrons. The third-order valence-electron chi connectivity index (χ3n) is 2.96. The average molecular weight is 217 g/mol. The van der Waals surface area contributed by atoms with E-state index in [1.165, 1.54) is 10.9 Å². The summed E-state index contributed by atoms with van der Waals surface area (Å²) in [6.45, 7) is 4.30. The van der Waals surface area contributed by atoms with Crippen LogP contribution in [0.25, 0.3) is 11.0 Å². The van der Waals surface area contributed by atoms with Crippen molar-refractivity contribution in [1.82, 2.24) is 5.32 Å². The minimum absolute atomic E-state index is 0.331. The fraction of sp³-hybridized carbons (Fsp3) is 0.429. The van der Waals surface area contributed by atoms with Crippen LogP contribution < -0.4 is 5.32 Å². The van der Waals surface area contributed by atoms with Gasteiger partial charge < -0.3 is 9.73 Å². The van der Waals surface area contributed by atoms with Gasteiger partial charge >= 0.3 is 0 Å². The van der Waals surface area contributed by atoms with Gasteiger partial charge in [0.15, 0.2) is 0 Å². The van der Waals surface area contributed by atoms with E-state index in [2.05, 4.69) is 37.4 Å². The molecule has 1 atom stereocenters. The lowest BCUT2D eigenvalue weighted by molar-refractivity contribution is 0.430. The Bertz CT molecular complexity index is 473. The summed E-state index contributed by atoms with van der Waals surface area (Å²) in [6, 6.07) is 8.79. The van der Waals surface area contributed by atoms with Crippen molar-refractivity contribution in [2.45, 2.75) is 32.7 Å². The summed E-state index contributed by atoms with van der Waals surface area (Å²) in [5.41, 5.74) is 2.26. The van der Waals surface area contributed by atoms with Crippen molar-refractivity contribution in [1.29, 1.82) is 0 Å². The maximum atomic E-state index is 5.87. The maximum absolute atomic E-state index is 5.87. The Labute approximate surface area is 96.6 Å². The van der Waals surface area contributed by atoms with E-state index in [4.69, 9.17) is 4.42 Å². The third-order valence-corrected chi connectivity index (χ3v) is 2.96. The molecule has 2 heteroatoms. The van der Waals surface area contributed by atoms with Crippen molar-refractivity contribution in [3.8, 4) is 0 Å². The summed E-state index contributed by atoms with van der Waals surface area (Å²) in [5.74, 6) is 1.05. The van der Waals surface area contributed by atoms with Gasteiger partial charge in [0.2, 0.25) is 0 Å². The molecule has 16 heavy (non-hydrogen) atoms. The molecule has 1 heterocycles. The van der Waals surface area contributed by atoms with Gasteiger partial charge in [-0.2, -0.15) is 0 Å².